The minimum absolute atomic E-state index is 0. The zero-order valence-electron chi connectivity index (χ0n) is 14.0. The maximum atomic E-state index is 10.8. The molecule has 7 heteroatoms. The lowest BCUT2D eigenvalue weighted by Crippen LogP contribution is -2.39. The highest BCUT2D eigenvalue weighted by Gasteiger charge is 1.98. The average molecular weight is 434 g/mol. The minimum Gasteiger partial charge on any atom is -0.492 e. The molecule has 6 nitrogen and oxygen atoms in total. The van der Waals surface area contributed by atoms with Gasteiger partial charge >= 0.3 is 0 Å². The molecule has 0 unspecified atom stereocenters. The third-order valence-electron chi connectivity index (χ3n) is 2.78. The van der Waals surface area contributed by atoms with Crippen molar-refractivity contribution in [2.45, 2.75) is 20.8 Å². The summed E-state index contributed by atoms with van der Waals surface area (Å²) in [5, 5.41) is 9.05. The number of rotatable bonds is 8. The number of carbonyl (C=O) groups excluding carboxylic acids is 1. The average Bonchev–Trinajstić information content (AvgIpc) is 2.49. The maximum Gasteiger partial charge on any atom is 0.216 e. The van der Waals surface area contributed by atoms with Gasteiger partial charge in [-0.1, -0.05) is 17.7 Å². The molecular weight excluding hydrogens is 407 g/mol. The van der Waals surface area contributed by atoms with Gasteiger partial charge in [-0.05, 0) is 26.0 Å². The van der Waals surface area contributed by atoms with Crippen LogP contribution in [0.2, 0.25) is 0 Å². The normalized spacial score (nSPS) is 10.5. The summed E-state index contributed by atoms with van der Waals surface area (Å²) in [5.41, 5.74) is 1.21. The zero-order chi connectivity index (χ0) is 16.2. The number of nitrogens with zero attached hydrogens (tertiary/aromatic N) is 1. The second kappa shape index (κ2) is 13.0. The molecule has 0 radical (unpaired) electrons. The van der Waals surface area contributed by atoms with E-state index in [4.69, 9.17) is 4.74 Å². The predicted molar refractivity (Wildman–Crippen MR) is 105 cm³/mol. The third-order valence-corrected chi connectivity index (χ3v) is 2.78. The fourth-order valence-corrected chi connectivity index (χ4v) is 1.71. The van der Waals surface area contributed by atoms with Gasteiger partial charge in [-0.2, -0.15) is 0 Å². The summed E-state index contributed by atoms with van der Waals surface area (Å²) in [6.07, 6.45) is 0. The zero-order valence-corrected chi connectivity index (χ0v) is 16.3. The van der Waals surface area contributed by atoms with E-state index in [-0.39, 0.29) is 29.9 Å². The molecule has 0 aromatic heterocycles. The number of ether oxygens (including phenoxy) is 1. The van der Waals surface area contributed by atoms with Gasteiger partial charge in [0.15, 0.2) is 5.96 Å². The summed E-state index contributed by atoms with van der Waals surface area (Å²) in [6, 6.07) is 7.97. The fraction of sp³-hybridized carbons (Fsp3) is 0.500. The van der Waals surface area contributed by atoms with Crippen molar-refractivity contribution < 1.29 is 9.53 Å². The lowest BCUT2D eigenvalue weighted by Gasteiger charge is -2.12. The molecule has 1 aromatic rings. The number of aryl methyl sites for hydroxylation is 1. The number of halogens is 1. The first kappa shape index (κ1) is 21.5. The Morgan fingerprint density at radius 3 is 2.43 bits per heavy atom. The van der Waals surface area contributed by atoms with E-state index in [1.165, 1.54) is 12.5 Å². The monoisotopic (exact) mass is 434 g/mol. The molecule has 0 fully saturated rings. The Kier molecular flexibility index (Phi) is 12.1. The highest BCUT2D eigenvalue weighted by molar-refractivity contribution is 14.0. The van der Waals surface area contributed by atoms with Gasteiger partial charge in [0.25, 0.3) is 0 Å². The van der Waals surface area contributed by atoms with Gasteiger partial charge in [-0.3, -0.25) is 9.79 Å². The van der Waals surface area contributed by atoms with E-state index in [0.717, 1.165) is 18.3 Å². The Hall–Kier alpha value is -1.51. The third kappa shape index (κ3) is 10.8. The van der Waals surface area contributed by atoms with Crippen LogP contribution in [-0.2, 0) is 4.79 Å². The smallest absolute Gasteiger partial charge is 0.216 e. The Bertz CT molecular complexity index is 477. The van der Waals surface area contributed by atoms with Crippen LogP contribution in [0.1, 0.15) is 19.4 Å². The molecule has 3 N–H and O–H groups in total. The predicted octanol–water partition coefficient (Wildman–Crippen LogP) is 1.68. The van der Waals surface area contributed by atoms with Crippen molar-refractivity contribution in [2.75, 3.05) is 32.8 Å². The van der Waals surface area contributed by atoms with Crippen molar-refractivity contribution in [1.82, 2.24) is 16.0 Å². The van der Waals surface area contributed by atoms with Crippen LogP contribution in [0.15, 0.2) is 29.3 Å². The molecule has 0 spiro atoms. The van der Waals surface area contributed by atoms with Crippen molar-refractivity contribution in [3.63, 3.8) is 0 Å². The number of benzene rings is 1. The number of nitrogens with one attached hydrogen (secondary N) is 3. The molecular formula is C16H27IN4O2. The second-order valence-corrected chi connectivity index (χ2v) is 4.83. The van der Waals surface area contributed by atoms with Crippen molar-refractivity contribution in [3.05, 3.63) is 29.8 Å². The minimum atomic E-state index is -0.0420. The van der Waals surface area contributed by atoms with Crippen LogP contribution < -0.4 is 20.7 Å². The van der Waals surface area contributed by atoms with Crippen molar-refractivity contribution >= 4 is 35.8 Å². The van der Waals surface area contributed by atoms with Gasteiger partial charge in [-0.15, -0.1) is 24.0 Å². The van der Waals surface area contributed by atoms with Gasteiger partial charge in [0.1, 0.15) is 12.4 Å². The Labute approximate surface area is 155 Å². The molecule has 0 aliphatic heterocycles. The molecule has 23 heavy (non-hydrogen) atoms. The quantitative estimate of drug-likeness (QED) is 0.252. The molecule has 0 saturated heterocycles. The summed E-state index contributed by atoms with van der Waals surface area (Å²) in [5.74, 6) is 1.54. The first-order valence-electron chi connectivity index (χ1n) is 7.58. The molecule has 0 heterocycles. The molecule has 1 rings (SSSR count). The van der Waals surface area contributed by atoms with E-state index in [1.54, 1.807) is 0 Å². The number of aliphatic imine (C=N–C) groups is 1. The van der Waals surface area contributed by atoms with E-state index in [0.29, 0.717) is 26.2 Å². The Balaban J connectivity index is 0.00000484. The van der Waals surface area contributed by atoms with Crippen LogP contribution in [0.25, 0.3) is 0 Å². The summed E-state index contributed by atoms with van der Waals surface area (Å²) in [4.78, 5) is 15.1. The summed E-state index contributed by atoms with van der Waals surface area (Å²) >= 11 is 0. The van der Waals surface area contributed by atoms with Gasteiger partial charge in [-0.25, -0.2) is 0 Å². The number of guanidine groups is 1. The SMILES string of the molecule is CCNC(=NCCNC(C)=O)NCCOc1ccc(C)cc1.I. The van der Waals surface area contributed by atoms with Gasteiger partial charge in [0.2, 0.25) is 5.91 Å². The van der Waals surface area contributed by atoms with Gasteiger partial charge in [0.05, 0.1) is 13.1 Å². The standard InChI is InChI=1S/C16H26N4O2.HI/c1-4-17-16(19-10-9-18-14(3)21)20-11-12-22-15-7-5-13(2)6-8-15;/h5-8H,4,9-12H2,1-3H3,(H,18,21)(H2,17,19,20);1H. The molecule has 0 aliphatic rings. The largest absolute Gasteiger partial charge is 0.492 e. The molecule has 130 valence electrons. The van der Waals surface area contributed by atoms with Crippen LogP contribution in [0.3, 0.4) is 0 Å². The van der Waals surface area contributed by atoms with E-state index in [1.807, 2.05) is 38.1 Å². The second-order valence-electron chi connectivity index (χ2n) is 4.83. The van der Waals surface area contributed by atoms with Crippen LogP contribution >= 0.6 is 24.0 Å². The van der Waals surface area contributed by atoms with Crippen LogP contribution in [0.5, 0.6) is 5.75 Å². The van der Waals surface area contributed by atoms with E-state index >= 15 is 0 Å². The number of carbonyl (C=O) groups is 1. The summed E-state index contributed by atoms with van der Waals surface area (Å²) in [6.45, 7) is 8.61. The molecule has 1 aromatic carbocycles. The van der Waals surface area contributed by atoms with Crippen LogP contribution in [-0.4, -0.2) is 44.7 Å². The highest BCUT2D eigenvalue weighted by Crippen LogP contribution is 2.10. The first-order chi connectivity index (χ1) is 10.6. The van der Waals surface area contributed by atoms with Crippen molar-refractivity contribution in [2.24, 2.45) is 4.99 Å². The Morgan fingerprint density at radius 2 is 1.83 bits per heavy atom. The van der Waals surface area contributed by atoms with Crippen molar-refractivity contribution in [1.29, 1.82) is 0 Å². The lowest BCUT2D eigenvalue weighted by molar-refractivity contribution is -0.118. The number of hydrogen-bond donors (Lipinski definition) is 3. The topological polar surface area (TPSA) is 74.8 Å². The molecule has 0 aliphatic carbocycles. The first-order valence-corrected chi connectivity index (χ1v) is 7.58. The fourth-order valence-electron chi connectivity index (χ4n) is 1.71. The maximum absolute atomic E-state index is 10.8. The molecule has 0 atom stereocenters. The van der Waals surface area contributed by atoms with Gasteiger partial charge in [0, 0.05) is 20.0 Å². The van der Waals surface area contributed by atoms with Crippen LogP contribution in [0, 0.1) is 6.92 Å². The number of hydrogen-bond acceptors (Lipinski definition) is 3. The summed E-state index contributed by atoms with van der Waals surface area (Å²) < 4.78 is 5.64. The van der Waals surface area contributed by atoms with Crippen molar-refractivity contribution in [3.8, 4) is 5.75 Å². The highest BCUT2D eigenvalue weighted by atomic mass is 127. The van der Waals surface area contributed by atoms with Gasteiger partial charge < -0.3 is 20.7 Å². The van der Waals surface area contributed by atoms with E-state index in [2.05, 4.69) is 20.9 Å². The summed E-state index contributed by atoms with van der Waals surface area (Å²) in [7, 11) is 0. The lowest BCUT2D eigenvalue weighted by atomic mass is 10.2. The molecule has 1 amide bonds. The van der Waals surface area contributed by atoms with E-state index in [9.17, 15) is 4.79 Å². The van der Waals surface area contributed by atoms with Crippen LogP contribution in [0.4, 0.5) is 0 Å². The number of amides is 1. The Morgan fingerprint density at radius 1 is 1.13 bits per heavy atom. The van der Waals surface area contributed by atoms with E-state index < -0.39 is 0 Å². The molecule has 0 saturated carbocycles. The molecule has 0 bridgehead atoms.